The van der Waals surface area contributed by atoms with E-state index in [9.17, 15) is 9.59 Å². The number of hydrogen-bond donors (Lipinski definition) is 0. The van der Waals surface area contributed by atoms with Gasteiger partial charge in [0.25, 0.3) is 11.1 Å². The number of thioether (sulfide) groups is 1. The number of benzene rings is 3. The summed E-state index contributed by atoms with van der Waals surface area (Å²) in [4.78, 5) is 27.6. The van der Waals surface area contributed by atoms with Crippen LogP contribution in [0.3, 0.4) is 0 Å². The smallest absolute Gasteiger partial charge is 0.293 e. The Morgan fingerprint density at radius 1 is 0.838 bits per heavy atom. The van der Waals surface area contributed by atoms with Crippen molar-refractivity contribution in [1.82, 2.24) is 9.47 Å². The Balaban J connectivity index is 1.50. The van der Waals surface area contributed by atoms with Crippen molar-refractivity contribution >= 4 is 86.3 Å². The number of nitrogens with zero attached hydrogens (tertiary/aromatic N) is 2. The Morgan fingerprint density at radius 3 is 2.11 bits per heavy atom. The number of aromatic nitrogens is 1. The molecule has 1 fully saturated rings. The quantitative estimate of drug-likeness (QED) is 0.211. The third-order valence-corrected chi connectivity index (χ3v) is 8.60. The van der Waals surface area contributed by atoms with E-state index >= 15 is 0 Å². The number of para-hydroxylation sites is 1. The van der Waals surface area contributed by atoms with Gasteiger partial charge in [-0.1, -0.05) is 83.7 Å². The predicted molar refractivity (Wildman–Crippen MR) is 155 cm³/mol. The maximum absolute atomic E-state index is 13.2. The highest BCUT2D eigenvalue weighted by atomic mass is 35.5. The molecule has 0 atom stereocenters. The maximum Gasteiger partial charge on any atom is 0.293 e. The highest BCUT2D eigenvalue weighted by Crippen LogP contribution is 2.36. The van der Waals surface area contributed by atoms with Crippen LogP contribution in [0.5, 0.6) is 0 Å². The molecule has 0 spiro atoms. The Kier molecular flexibility index (Phi) is 7.62. The lowest BCUT2D eigenvalue weighted by atomic mass is 10.1. The first-order valence-electron chi connectivity index (χ1n) is 11.5. The number of rotatable bonds is 6. The second-order valence-corrected chi connectivity index (χ2v) is 11.3. The van der Waals surface area contributed by atoms with E-state index in [2.05, 4.69) is 17.6 Å². The third-order valence-electron chi connectivity index (χ3n) is 6.22. The molecule has 37 heavy (non-hydrogen) atoms. The van der Waals surface area contributed by atoms with Crippen LogP contribution in [0.1, 0.15) is 29.2 Å². The lowest BCUT2D eigenvalue weighted by molar-refractivity contribution is -0.123. The van der Waals surface area contributed by atoms with Crippen molar-refractivity contribution in [2.75, 3.05) is 0 Å². The number of fused-ring (bicyclic) bond motifs is 1. The second kappa shape index (κ2) is 10.8. The molecule has 9 heteroatoms. The van der Waals surface area contributed by atoms with Crippen molar-refractivity contribution in [3.63, 3.8) is 0 Å². The molecule has 1 aliphatic heterocycles. The molecule has 1 saturated heterocycles. The van der Waals surface area contributed by atoms with Crippen LogP contribution in [-0.2, 0) is 24.3 Å². The van der Waals surface area contributed by atoms with E-state index in [1.165, 1.54) is 10.5 Å². The van der Waals surface area contributed by atoms with Gasteiger partial charge in [-0.05, 0) is 65.2 Å². The van der Waals surface area contributed by atoms with Crippen LogP contribution in [0.15, 0.2) is 65.7 Å². The van der Waals surface area contributed by atoms with E-state index < -0.39 is 0 Å². The molecule has 1 aliphatic rings. The minimum Gasteiger partial charge on any atom is -0.342 e. The number of imide groups is 1. The van der Waals surface area contributed by atoms with Gasteiger partial charge in [0.05, 0.1) is 37.1 Å². The number of hydrogen-bond acceptors (Lipinski definition) is 3. The topological polar surface area (TPSA) is 42.3 Å². The first-order valence-corrected chi connectivity index (χ1v) is 13.8. The van der Waals surface area contributed by atoms with E-state index in [1.54, 1.807) is 30.3 Å². The average molecular weight is 590 g/mol. The molecule has 3 aromatic carbocycles. The summed E-state index contributed by atoms with van der Waals surface area (Å²) in [7, 11) is 0. The van der Waals surface area contributed by atoms with E-state index in [4.69, 9.17) is 46.4 Å². The van der Waals surface area contributed by atoms with Gasteiger partial charge in [-0.15, -0.1) is 0 Å². The number of aryl methyl sites for hydroxylation is 1. The van der Waals surface area contributed by atoms with Crippen LogP contribution < -0.4 is 0 Å². The molecule has 0 saturated carbocycles. The van der Waals surface area contributed by atoms with Gasteiger partial charge in [-0.2, -0.15) is 0 Å². The molecule has 4 aromatic rings. The number of amides is 2. The first-order chi connectivity index (χ1) is 17.7. The van der Waals surface area contributed by atoms with Crippen molar-refractivity contribution in [3.05, 3.63) is 108 Å². The lowest BCUT2D eigenvalue weighted by Crippen LogP contribution is -2.27. The monoisotopic (exact) mass is 588 g/mol. The van der Waals surface area contributed by atoms with Crippen LogP contribution in [0.25, 0.3) is 17.0 Å². The minimum atomic E-state index is -0.335. The van der Waals surface area contributed by atoms with Crippen molar-refractivity contribution < 1.29 is 9.59 Å². The predicted octanol–water partition coefficient (Wildman–Crippen LogP) is 9.10. The van der Waals surface area contributed by atoms with E-state index in [0.717, 1.165) is 45.8 Å². The SMILES string of the molecule is CCc1cccc2c(/C=C3\SC(=O)N(Cc4ccc(Cl)c(Cl)c4)C3=O)cn(Cc3ccc(Cl)c(Cl)c3)c12. The van der Waals surface area contributed by atoms with Crippen LogP contribution in [-0.4, -0.2) is 20.6 Å². The van der Waals surface area contributed by atoms with Crippen molar-refractivity contribution in [2.45, 2.75) is 26.4 Å². The molecular weight excluding hydrogens is 570 g/mol. The fraction of sp³-hybridized carbons (Fsp3) is 0.143. The summed E-state index contributed by atoms with van der Waals surface area (Å²) in [5.41, 5.74) is 4.86. The van der Waals surface area contributed by atoms with E-state index in [0.29, 0.717) is 31.5 Å². The zero-order valence-corrected chi connectivity index (χ0v) is 23.4. The molecule has 0 bridgehead atoms. The summed E-state index contributed by atoms with van der Waals surface area (Å²) >= 11 is 25.4. The van der Waals surface area contributed by atoms with Gasteiger partial charge < -0.3 is 4.57 Å². The van der Waals surface area contributed by atoms with Crippen molar-refractivity contribution in [3.8, 4) is 0 Å². The van der Waals surface area contributed by atoms with Crippen molar-refractivity contribution in [2.24, 2.45) is 0 Å². The van der Waals surface area contributed by atoms with Gasteiger partial charge in [0.1, 0.15) is 0 Å². The van der Waals surface area contributed by atoms with Gasteiger partial charge in [0, 0.05) is 23.7 Å². The first kappa shape index (κ1) is 26.2. The zero-order chi connectivity index (χ0) is 26.3. The summed E-state index contributed by atoms with van der Waals surface area (Å²) in [6.07, 6.45) is 4.66. The maximum atomic E-state index is 13.2. The molecule has 2 amide bonds. The van der Waals surface area contributed by atoms with E-state index in [-0.39, 0.29) is 17.7 Å². The molecule has 5 rings (SSSR count). The third kappa shape index (κ3) is 5.29. The van der Waals surface area contributed by atoms with Gasteiger partial charge >= 0.3 is 0 Å². The minimum absolute atomic E-state index is 0.123. The molecular formula is C28H20Cl4N2O2S. The Morgan fingerprint density at radius 2 is 1.49 bits per heavy atom. The molecule has 0 unspecified atom stereocenters. The van der Waals surface area contributed by atoms with Crippen LogP contribution in [0.2, 0.25) is 20.1 Å². The number of carbonyl (C=O) groups excluding carboxylic acids is 2. The van der Waals surface area contributed by atoms with Crippen LogP contribution >= 0.6 is 58.2 Å². The van der Waals surface area contributed by atoms with Crippen LogP contribution in [0, 0.1) is 0 Å². The Bertz CT molecular complexity index is 1590. The normalized spacial score (nSPS) is 14.9. The summed E-state index contributed by atoms with van der Waals surface area (Å²) in [5, 5.41) is 2.50. The summed E-state index contributed by atoms with van der Waals surface area (Å²) in [5.74, 6) is -0.335. The average Bonchev–Trinajstić information content (AvgIpc) is 3.35. The van der Waals surface area contributed by atoms with Gasteiger partial charge in [0.15, 0.2) is 0 Å². The van der Waals surface area contributed by atoms with Crippen molar-refractivity contribution in [1.29, 1.82) is 0 Å². The lowest BCUT2D eigenvalue weighted by Gasteiger charge is -2.12. The zero-order valence-electron chi connectivity index (χ0n) is 19.6. The van der Waals surface area contributed by atoms with Gasteiger partial charge in [-0.3, -0.25) is 14.5 Å². The second-order valence-electron chi connectivity index (χ2n) is 8.64. The fourth-order valence-corrected chi connectivity index (χ4v) is 5.89. The molecule has 0 N–H and O–H groups in total. The fourth-order valence-electron chi connectivity index (χ4n) is 4.42. The van der Waals surface area contributed by atoms with Gasteiger partial charge in [0.2, 0.25) is 0 Å². The largest absolute Gasteiger partial charge is 0.342 e. The molecule has 0 radical (unpaired) electrons. The van der Waals surface area contributed by atoms with E-state index in [1.807, 2.05) is 30.5 Å². The Hall–Kier alpha value is -2.41. The number of carbonyl (C=O) groups is 2. The summed E-state index contributed by atoms with van der Waals surface area (Å²) < 4.78 is 2.15. The molecule has 188 valence electrons. The highest BCUT2D eigenvalue weighted by Gasteiger charge is 2.35. The van der Waals surface area contributed by atoms with Gasteiger partial charge in [-0.25, -0.2) is 0 Å². The molecule has 1 aromatic heterocycles. The number of halogens is 4. The Labute approximate surface area is 238 Å². The summed E-state index contributed by atoms with van der Waals surface area (Å²) in [6.45, 7) is 2.81. The molecule has 0 aliphatic carbocycles. The van der Waals surface area contributed by atoms with Crippen LogP contribution in [0.4, 0.5) is 4.79 Å². The summed E-state index contributed by atoms with van der Waals surface area (Å²) in [6, 6.07) is 16.8. The molecule has 2 heterocycles. The molecule has 4 nitrogen and oxygen atoms in total. The highest BCUT2D eigenvalue weighted by molar-refractivity contribution is 8.18. The standard InChI is InChI=1S/C28H20Cl4N2O2S/c1-2-18-4-3-5-20-19(15-33(26(18)20)13-16-6-8-21(29)23(31)10-16)12-25-27(35)34(28(36)37-25)14-17-7-9-22(30)24(32)11-17/h3-12,15H,2,13-14H2,1H3/b25-12-.